The first kappa shape index (κ1) is 13.3. The number of hydrogen-bond donors (Lipinski definition) is 1. The molecule has 0 aromatic carbocycles. The lowest BCUT2D eigenvalue weighted by atomic mass is 9.95. The van der Waals surface area contributed by atoms with Crippen molar-refractivity contribution in [3.63, 3.8) is 0 Å². The Morgan fingerprint density at radius 3 is 2.39 bits per heavy atom. The molecule has 18 heavy (non-hydrogen) atoms. The number of nitrogens with two attached hydrogens (primary N) is 1. The summed E-state index contributed by atoms with van der Waals surface area (Å²) in [7, 11) is 0. The van der Waals surface area contributed by atoms with Gasteiger partial charge in [0.15, 0.2) is 0 Å². The van der Waals surface area contributed by atoms with Crippen molar-refractivity contribution < 1.29 is 0 Å². The average Bonchev–Trinajstić information content (AvgIpc) is 2.67. The Morgan fingerprint density at radius 2 is 1.89 bits per heavy atom. The number of aromatic nitrogens is 2. The number of nitrogen functional groups attached to an aromatic ring is 1. The highest BCUT2D eigenvalue weighted by Gasteiger charge is 2.21. The summed E-state index contributed by atoms with van der Waals surface area (Å²) < 4.78 is 0.749. The molecular weight excluding hydrogens is 266 g/mol. The Kier molecular flexibility index (Phi) is 3.34. The minimum atomic E-state index is -0.127. The number of thiophene rings is 1. The van der Waals surface area contributed by atoms with E-state index in [1.807, 2.05) is 19.1 Å². The Hall–Kier alpha value is -1.13. The highest BCUT2D eigenvalue weighted by atomic mass is 35.5. The lowest BCUT2D eigenvalue weighted by molar-refractivity contribution is 0.546. The molecule has 0 saturated heterocycles. The molecule has 2 N–H and O–H groups in total. The molecule has 2 rings (SSSR count). The molecule has 0 aliphatic heterocycles. The fourth-order valence-corrected chi connectivity index (χ4v) is 2.64. The third-order valence-electron chi connectivity index (χ3n) is 2.66. The second kappa shape index (κ2) is 4.52. The monoisotopic (exact) mass is 281 g/mol. The maximum Gasteiger partial charge on any atom is 0.136 e. The number of hydrogen-bond acceptors (Lipinski definition) is 4. The molecule has 2 aromatic rings. The Labute approximate surface area is 116 Å². The fraction of sp³-hybridized carbons (Fsp3) is 0.385. The lowest BCUT2D eigenvalue weighted by Gasteiger charge is -2.19. The van der Waals surface area contributed by atoms with E-state index in [1.54, 1.807) is 0 Å². The van der Waals surface area contributed by atoms with E-state index in [9.17, 15) is 0 Å². The van der Waals surface area contributed by atoms with Crippen molar-refractivity contribution in [3.05, 3.63) is 27.9 Å². The predicted molar refractivity (Wildman–Crippen MR) is 78.2 cm³/mol. The largest absolute Gasteiger partial charge is 0.383 e. The zero-order chi connectivity index (χ0) is 13.5. The summed E-state index contributed by atoms with van der Waals surface area (Å²) in [5.41, 5.74) is 7.64. The van der Waals surface area contributed by atoms with Gasteiger partial charge in [-0.15, -0.1) is 11.3 Å². The van der Waals surface area contributed by atoms with E-state index in [1.165, 1.54) is 11.3 Å². The molecule has 96 valence electrons. The van der Waals surface area contributed by atoms with Crippen LogP contribution >= 0.6 is 22.9 Å². The van der Waals surface area contributed by atoms with Crippen LogP contribution in [0.3, 0.4) is 0 Å². The van der Waals surface area contributed by atoms with Gasteiger partial charge in [0.25, 0.3) is 0 Å². The number of rotatable bonds is 1. The zero-order valence-corrected chi connectivity index (χ0v) is 12.5. The van der Waals surface area contributed by atoms with Crippen LogP contribution in [0.5, 0.6) is 0 Å². The minimum absolute atomic E-state index is 0.127. The fourth-order valence-electron chi connectivity index (χ4n) is 1.55. The number of halogens is 1. The molecule has 0 spiro atoms. The predicted octanol–water partition coefficient (Wildman–Crippen LogP) is 4.05. The molecule has 0 bridgehead atoms. The Balaban J connectivity index is 2.63. The normalized spacial score (nSPS) is 11.8. The first-order valence-corrected chi connectivity index (χ1v) is 6.89. The van der Waals surface area contributed by atoms with E-state index >= 15 is 0 Å². The molecular formula is C13H16ClN3S. The second-order valence-electron chi connectivity index (χ2n) is 5.26. The molecule has 0 unspecified atom stereocenters. The van der Waals surface area contributed by atoms with Gasteiger partial charge in [-0.1, -0.05) is 32.4 Å². The van der Waals surface area contributed by atoms with E-state index in [2.05, 4.69) is 30.7 Å². The summed E-state index contributed by atoms with van der Waals surface area (Å²) in [6.07, 6.45) is 0. The first-order valence-electron chi connectivity index (χ1n) is 5.69. The van der Waals surface area contributed by atoms with Crippen molar-refractivity contribution in [2.24, 2.45) is 0 Å². The molecule has 0 saturated carbocycles. The smallest absolute Gasteiger partial charge is 0.136 e. The molecule has 3 nitrogen and oxygen atoms in total. The van der Waals surface area contributed by atoms with Crippen LogP contribution in [0.1, 0.15) is 32.2 Å². The van der Waals surface area contributed by atoms with Crippen molar-refractivity contribution in [3.8, 4) is 10.6 Å². The van der Waals surface area contributed by atoms with Crippen LogP contribution in [0.15, 0.2) is 12.1 Å². The van der Waals surface area contributed by atoms with Gasteiger partial charge in [-0.2, -0.15) is 0 Å². The van der Waals surface area contributed by atoms with Crippen molar-refractivity contribution in [1.29, 1.82) is 0 Å². The summed E-state index contributed by atoms with van der Waals surface area (Å²) in [5, 5.41) is 0. The highest BCUT2D eigenvalue weighted by Crippen LogP contribution is 2.34. The standard InChI is InChI=1S/C13H16ClN3S/c1-7-10(8-5-6-9(14)18-8)16-12(13(2,3)4)17-11(7)15/h5-6H,1-4H3,(H2,15,16,17). The van der Waals surface area contributed by atoms with Crippen LogP contribution in [-0.2, 0) is 5.41 Å². The van der Waals surface area contributed by atoms with E-state index in [-0.39, 0.29) is 5.41 Å². The highest BCUT2D eigenvalue weighted by molar-refractivity contribution is 7.19. The van der Waals surface area contributed by atoms with Gasteiger partial charge in [0, 0.05) is 11.0 Å². The molecule has 0 amide bonds. The summed E-state index contributed by atoms with van der Waals surface area (Å²) >= 11 is 7.48. The van der Waals surface area contributed by atoms with Crippen LogP contribution in [0, 0.1) is 6.92 Å². The van der Waals surface area contributed by atoms with Gasteiger partial charge in [-0.25, -0.2) is 9.97 Å². The van der Waals surface area contributed by atoms with E-state index in [4.69, 9.17) is 17.3 Å². The third kappa shape index (κ3) is 2.49. The molecule has 2 heterocycles. The minimum Gasteiger partial charge on any atom is -0.383 e. The van der Waals surface area contributed by atoms with Crippen LogP contribution in [0.25, 0.3) is 10.6 Å². The van der Waals surface area contributed by atoms with Crippen molar-refractivity contribution in [2.75, 3.05) is 5.73 Å². The van der Waals surface area contributed by atoms with Gasteiger partial charge in [-0.05, 0) is 19.1 Å². The second-order valence-corrected chi connectivity index (χ2v) is 6.97. The first-order chi connectivity index (χ1) is 8.29. The van der Waals surface area contributed by atoms with Gasteiger partial charge in [0.05, 0.1) is 14.9 Å². The maximum absolute atomic E-state index is 5.98. The van der Waals surface area contributed by atoms with Gasteiger partial charge in [0.1, 0.15) is 11.6 Å². The summed E-state index contributed by atoms with van der Waals surface area (Å²) in [6, 6.07) is 3.84. The summed E-state index contributed by atoms with van der Waals surface area (Å²) in [6.45, 7) is 8.15. The third-order valence-corrected chi connectivity index (χ3v) is 3.90. The van der Waals surface area contributed by atoms with Crippen LogP contribution in [0.4, 0.5) is 5.82 Å². The van der Waals surface area contributed by atoms with Gasteiger partial charge in [0.2, 0.25) is 0 Å². The van der Waals surface area contributed by atoms with Crippen LogP contribution in [0.2, 0.25) is 4.34 Å². The summed E-state index contributed by atoms with van der Waals surface area (Å²) in [4.78, 5) is 10.0. The van der Waals surface area contributed by atoms with Gasteiger partial charge in [-0.3, -0.25) is 0 Å². The molecule has 5 heteroatoms. The van der Waals surface area contributed by atoms with Crippen molar-refractivity contribution >= 4 is 28.8 Å². The van der Waals surface area contributed by atoms with Crippen molar-refractivity contribution in [2.45, 2.75) is 33.1 Å². The van der Waals surface area contributed by atoms with Gasteiger partial charge < -0.3 is 5.73 Å². The number of nitrogens with zero attached hydrogens (tertiary/aromatic N) is 2. The van der Waals surface area contributed by atoms with Crippen LogP contribution < -0.4 is 5.73 Å². The SMILES string of the molecule is Cc1c(N)nc(C(C)(C)C)nc1-c1ccc(Cl)s1. The molecule has 0 aliphatic rings. The topological polar surface area (TPSA) is 51.8 Å². The van der Waals surface area contributed by atoms with E-state index < -0.39 is 0 Å². The van der Waals surface area contributed by atoms with Gasteiger partial charge >= 0.3 is 0 Å². The summed E-state index contributed by atoms with van der Waals surface area (Å²) in [5.74, 6) is 1.29. The van der Waals surface area contributed by atoms with E-state index in [0.29, 0.717) is 5.82 Å². The molecule has 0 fully saturated rings. The van der Waals surface area contributed by atoms with Crippen molar-refractivity contribution in [1.82, 2.24) is 9.97 Å². The Morgan fingerprint density at radius 1 is 1.22 bits per heavy atom. The molecule has 0 aliphatic carbocycles. The average molecular weight is 282 g/mol. The van der Waals surface area contributed by atoms with E-state index in [0.717, 1.165) is 26.3 Å². The quantitative estimate of drug-likeness (QED) is 0.858. The molecule has 2 aromatic heterocycles. The molecule has 0 radical (unpaired) electrons. The molecule has 0 atom stereocenters. The van der Waals surface area contributed by atoms with Crippen LogP contribution in [-0.4, -0.2) is 9.97 Å². The number of anilines is 1. The maximum atomic E-state index is 5.98. The zero-order valence-electron chi connectivity index (χ0n) is 10.9. The lowest BCUT2D eigenvalue weighted by Crippen LogP contribution is -2.18. The Bertz CT molecular complexity index is 584.